The number of benzene rings is 1. The van der Waals surface area contributed by atoms with Crippen LogP contribution in [-0.4, -0.2) is 46.0 Å². The van der Waals surface area contributed by atoms with Gasteiger partial charge in [-0.2, -0.15) is 0 Å². The molecule has 0 fully saturated rings. The van der Waals surface area contributed by atoms with Crippen LogP contribution in [0.15, 0.2) is 24.3 Å². The third-order valence-corrected chi connectivity index (χ3v) is 6.17. The summed E-state index contributed by atoms with van der Waals surface area (Å²) < 4.78 is 0. The summed E-state index contributed by atoms with van der Waals surface area (Å²) in [6.07, 6.45) is 14.6. The Labute approximate surface area is 191 Å². The fourth-order valence-corrected chi connectivity index (χ4v) is 4.14. The van der Waals surface area contributed by atoms with Gasteiger partial charge in [0.25, 0.3) is 0 Å². The average molecular weight is 436 g/mol. The standard InChI is InChI=1S/C27H49NO3/c1-3-5-7-9-11-13-19-28(20-14-12-10-8-6-4-2)22-26(30)21-27(31)25-17-15-24(23-29)16-18-25/h15-18,26-27,29-31H,3-14,19-23H2,1-2H3/t26-,27+/m0/s1. The number of hydrogen-bond acceptors (Lipinski definition) is 4. The van der Waals surface area contributed by atoms with E-state index < -0.39 is 12.2 Å². The molecule has 0 unspecified atom stereocenters. The van der Waals surface area contributed by atoms with Crippen molar-refractivity contribution in [1.82, 2.24) is 4.90 Å². The highest BCUT2D eigenvalue weighted by molar-refractivity contribution is 5.23. The monoisotopic (exact) mass is 435 g/mol. The molecule has 1 aromatic carbocycles. The molecule has 4 nitrogen and oxygen atoms in total. The van der Waals surface area contributed by atoms with Gasteiger partial charge in [0.2, 0.25) is 0 Å². The van der Waals surface area contributed by atoms with Crippen LogP contribution in [0.25, 0.3) is 0 Å². The van der Waals surface area contributed by atoms with E-state index in [0.717, 1.165) is 24.2 Å². The Morgan fingerprint density at radius 3 is 1.68 bits per heavy atom. The van der Waals surface area contributed by atoms with Gasteiger partial charge in [0, 0.05) is 13.0 Å². The average Bonchev–Trinajstić information content (AvgIpc) is 2.78. The summed E-state index contributed by atoms with van der Waals surface area (Å²) in [6.45, 7) is 7.22. The predicted octanol–water partition coefficient (Wildman–Crippen LogP) is 5.99. The molecule has 0 aliphatic carbocycles. The minimum absolute atomic E-state index is 0.00481. The lowest BCUT2D eigenvalue weighted by molar-refractivity contribution is 0.0525. The molecule has 3 N–H and O–H groups in total. The van der Waals surface area contributed by atoms with Crippen molar-refractivity contribution in [2.24, 2.45) is 0 Å². The topological polar surface area (TPSA) is 63.9 Å². The van der Waals surface area contributed by atoms with E-state index in [9.17, 15) is 10.2 Å². The van der Waals surface area contributed by atoms with Crippen LogP contribution < -0.4 is 0 Å². The molecular formula is C27H49NO3. The number of aliphatic hydroxyl groups is 3. The van der Waals surface area contributed by atoms with Crippen LogP contribution in [0, 0.1) is 0 Å². The summed E-state index contributed by atoms with van der Waals surface area (Å²) in [6, 6.07) is 7.34. The molecule has 0 aliphatic heterocycles. The number of aliphatic hydroxyl groups excluding tert-OH is 3. The van der Waals surface area contributed by atoms with Gasteiger partial charge in [-0.1, -0.05) is 102 Å². The Morgan fingerprint density at radius 1 is 0.710 bits per heavy atom. The van der Waals surface area contributed by atoms with E-state index in [0.29, 0.717) is 13.0 Å². The van der Waals surface area contributed by atoms with Crippen molar-refractivity contribution in [3.63, 3.8) is 0 Å². The van der Waals surface area contributed by atoms with E-state index >= 15 is 0 Å². The highest BCUT2D eigenvalue weighted by Gasteiger charge is 2.17. The summed E-state index contributed by atoms with van der Waals surface area (Å²) in [5, 5.41) is 30.3. The molecule has 0 spiro atoms. The molecule has 0 radical (unpaired) electrons. The lowest BCUT2D eigenvalue weighted by Gasteiger charge is -2.26. The zero-order valence-electron chi connectivity index (χ0n) is 20.3. The fourth-order valence-electron chi connectivity index (χ4n) is 4.14. The van der Waals surface area contributed by atoms with Crippen LogP contribution >= 0.6 is 0 Å². The Bertz CT molecular complexity index is 504. The Hall–Kier alpha value is -0.940. The van der Waals surface area contributed by atoms with Gasteiger partial charge in [-0.05, 0) is 37.1 Å². The fraction of sp³-hybridized carbons (Fsp3) is 0.778. The Balaban J connectivity index is 2.43. The largest absolute Gasteiger partial charge is 0.392 e. The molecule has 0 aliphatic rings. The van der Waals surface area contributed by atoms with Crippen LogP contribution in [0.1, 0.15) is 115 Å². The third kappa shape index (κ3) is 13.9. The molecular weight excluding hydrogens is 386 g/mol. The highest BCUT2D eigenvalue weighted by Crippen LogP contribution is 2.20. The van der Waals surface area contributed by atoms with Crippen molar-refractivity contribution >= 4 is 0 Å². The number of nitrogens with zero attached hydrogens (tertiary/aromatic N) is 1. The van der Waals surface area contributed by atoms with Gasteiger partial charge >= 0.3 is 0 Å². The van der Waals surface area contributed by atoms with Gasteiger partial charge in [-0.15, -0.1) is 0 Å². The summed E-state index contributed by atoms with van der Waals surface area (Å²) in [4.78, 5) is 2.41. The first-order valence-corrected chi connectivity index (χ1v) is 12.9. The van der Waals surface area contributed by atoms with Gasteiger partial charge in [-0.25, -0.2) is 0 Å². The van der Waals surface area contributed by atoms with Gasteiger partial charge in [-0.3, -0.25) is 0 Å². The summed E-state index contributed by atoms with van der Waals surface area (Å²) in [5.41, 5.74) is 1.63. The molecule has 31 heavy (non-hydrogen) atoms. The summed E-state index contributed by atoms with van der Waals surface area (Å²) in [7, 11) is 0. The van der Waals surface area contributed by atoms with Crippen LogP contribution in [-0.2, 0) is 6.61 Å². The second-order valence-electron chi connectivity index (χ2n) is 9.14. The summed E-state index contributed by atoms with van der Waals surface area (Å²) >= 11 is 0. The minimum Gasteiger partial charge on any atom is -0.392 e. The molecule has 0 saturated carbocycles. The Morgan fingerprint density at radius 2 is 1.19 bits per heavy atom. The van der Waals surface area contributed by atoms with Gasteiger partial charge in [0.05, 0.1) is 18.8 Å². The Kier molecular flexibility index (Phi) is 16.9. The van der Waals surface area contributed by atoms with Crippen molar-refractivity contribution in [3.05, 3.63) is 35.4 Å². The molecule has 0 aromatic heterocycles. The molecule has 180 valence electrons. The smallest absolute Gasteiger partial charge is 0.0815 e. The van der Waals surface area contributed by atoms with Gasteiger partial charge in [0.15, 0.2) is 0 Å². The maximum absolute atomic E-state index is 10.7. The first-order chi connectivity index (χ1) is 15.1. The second-order valence-corrected chi connectivity index (χ2v) is 9.14. The summed E-state index contributed by atoms with van der Waals surface area (Å²) in [5.74, 6) is 0. The van der Waals surface area contributed by atoms with E-state index in [-0.39, 0.29) is 6.61 Å². The lowest BCUT2D eigenvalue weighted by atomic mass is 10.0. The molecule has 0 amide bonds. The van der Waals surface area contributed by atoms with Crippen molar-refractivity contribution in [1.29, 1.82) is 0 Å². The number of rotatable bonds is 20. The molecule has 0 heterocycles. The molecule has 0 bridgehead atoms. The van der Waals surface area contributed by atoms with Crippen molar-refractivity contribution in [2.75, 3.05) is 19.6 Å². The van der Waals surface area contributed by atoms with Crippen LogP contribution in [0.3, 0.4) is 0 Å². The van der Waals surface area contributed by atoms with Crippen LogP contribution in [0.4, 0.5) is 0 Å². The highest BCUT2D eigenvalue weighted by atomic mass is 16.3. The lowest BCUT2D eigenvalue weighted by Crippen LogP contribution is -2.35. The van der Waals surface area contributed by atoms with Crippen molar-refractivity contribution in [3.8, 4) is 0 Å². The zero-order chi connectivity index (χ0) is 22.7. The van der Waals surface area contributed by atoms with Crippen molar-refractivity contribution < 1.29 is 15.3 Å². The molecule has 1 rings (SSSR count). The molecule has 1 aromatic rings. The van der Waals surface area contributed by atoms with E-state index in [2.05, 4.69) is 18.7 Å². The van der Waals surface area contributed by atoms with Crippen molar-refractivity contribution in [2.45, 2.75) is 116 Å². The third-order valence-electron chi connectivity index (χ3n) is 6.17. The van der Waals surface area contributed by atoms with E-state index in [1.54, 1.807) is 0 Å². The first-order valence-electron chi connectivity index (χ1n) is 12.9. The van der Waals surface area contributed by atoms with Gasteiger partial charge < -0.3 is 20.2 Å². The normalized spacial score (nSPS) is 13.6. The zero-order valence-corrected chi connectivity index (χ0v) is 20.3. The maximum atomic E-state index is 10.7. The first kappa shape index (κ1) is 28.1. The van der Waals surface area contributed by atoms with Gasteiger partial charge in [0.1, 0.15) is 0 Å². The van der Waals surface area contributed by atoms with E-state index in [1.165, 1.54) is 77.0 Å². The molecule has 0 saturated heterocycles. The predicted molar refractivity (Wildman–Crippen MR) is 131 cm³/mol. The molecule has 2 atom stereocenters. The van der Waals surface area contributed by atoms with Crippen LogP contribution in [0.5, 0.6) is 0 Å². The van der Waals surface area contributed by atoms with E-state index in [4.69, 9.17) is 5.11 Å². The maximum Gasteiger partial charge on any atom is 0.0815 e. The van der Waals surface area contributed by atoms with Crippen LogP contribution in [0.2, 0.25) is 0 Å². The minimum atomic E-state index is -0.673. The molecule has 4 heteroatoms. The SMILES string of the molecule is CCCCCCCCN(CCCCCCCC)C[C@@H](O)C[C@@H](O)c1ccc(CO)cc1. The quantitative estimate of drug-likeness (QED) is 0.220. The number of unbranched alkanes of at least 4 members (excludes halogenated alkanes) is 10. The second kappa shape index (κ2) is 18.6. The van der Waals surface area contributed by atoms with E-state index in [1.807, 2.05) is 24.3 Å². The number of hydrogen-bond donors (Lipinski definition) is 3.